The Balaban J connectivity index is 1.75. The van der Waals surface area contributed by atoms with Crippen LogP contribution in [-0.4, -0.2) is 11.0 Å². The zero-order chi connectivity index (χ0) is 23.7. The van der Waals surface area contributed by atoms with E-state index in [9.17, 15) is 9.90 Å². The zero-order valence-electron chi connectivity index (χ0n) is 17.2. The van der Waals surface area contributed by atoms with Gasteiger partial charge in [0.15, 0.2) is 11.5 Å². The van der Waals surface area contributed by atoms with Crippen LogP contribution in [0.15, 0.2) is 28.7 Å². The third kappa shape index (κ3) is 5.08. The van der Waals surface area contributed by atoms with Gasteiger partial charge >= 0.3 is 0 Å². The third-order valence-corrected chi connectivity index (χ3v) is 6.90. The summed E-state index contributed by atoms with van der Waals surface area (Å²) in [7, 11) is 0. The van der Waals surface area contributed by atoms with Crippen LogP contribution in [0.3, 0.4) is 0 Å². The summed E-state index contributed by atoms with van der Waals surface area (Å²) in [5.74, 6) is 0.297. The first kappa shape index (κ1) is 24.9. The number of rotatable bonds is 6. The molecule has 3 aromatic rings. The molecule has 5 nitrogen and oxygen atoms in total. The number of nitrogens with one attached hydrogen (secondary N) is 1. The van der Waals surface area contributed by atoms with Crippen molar-refractivity contribution in [2.45, 2.75) is 33.3 Å². The van der Waals surface area contributed by atoms with E-state index in [2.05, 4.69) is 5.32 Å². The highest BCUT2D eigenvalue weighted by atomic mass is 35.5. The smallest absolute Gasteiger partial charge is 0.291 e. The van der Waals surface area contributed by atoms with Gasteiger partial charge in [-0.25, -0.2) is 0 Å². The Labute approximate surface area is 210 Å². The first-order chi connectivity index (χ1) is 15.0. The molecule has 0 aliphatic heterocycles. The van der Waals surface area contributed by atoms with E-state index in [0.29, 0.717) is 11.4 Å². The number of hydrogen-bond acceptors (Lipinski definition) is 4. The summed E-state index contributed by atoms with van der Waals surface area (Å²) in [6.07, 6.45) is 0. The van der Waals surface area contributed by atoms with E-state index in [4.69, 9.17) is 67.2 Å². The maximum absolute atomic E-state index is 12.7. The fourth-order valence-electron chi connectivity index (χ4n) is 2.92. The van der Waals surface area contributed by atoms with Gasteiger partial charge in [-0.3, -0.25) is 4.79 Å². The number of hydrogen-bond donors (Lipinski definition) is 2. The molecule has 2 aromatic carbocycles. The Hall–Kier alpha value is -1.76. The van der Waals surface area contributed by atoms with Crippen LogP contribution >= 0.6 is 58.0 Å². The molecule has 0 radical (unpaired) electrons. The molecule has 32 heavy (non-hydrogen) atoms. The number of carbonyl (C=O) groups is 1. The van der Waals surface area contributed by atoms with E-state index >= 15 is 0 Å². The quantitative estimate of drug-likeness (QED) is 0.188. The lowest BCUT2D eigenvalue weighted by Crippen LogP contribution is -2.12. The molecule has 1 amide bonds. The standard InChI is InChI=1S/C22H18Cl5NO4/c1-9(2)12-7-13(10(3)6-14(12)29)28-22(30)15-5-4-11(32-15)8-31-21-19(26)17(24)16(23)18(25)20(21)27/h4-7,9,29H,8H2,1-3H3,(H,28,30). The van der Waals surface area contributed by atoms with Crippen molar-refractivity contribution in [3.63, 3.8) is 0 Å². The van der Waals surface area contributed by atoms with Gasteiger partial charge in [-0.05, 0) is 48.2 Å². The first-order valence-electron chi connectivity index (χ1n) is 9.39. The summed E-state index contributed by atoms with van der Waals surface area (Å²) in [5, 5.41) is 13.0. The number of benzene rings is 2. The summed E-state index contributed by atoms with van der Waals surface area (Å²) >= 11 is 30.3. The van der Waals surface area contributed by atoms with E-state index in [1.807, 2.05) is 13.8 Å². The predicted molar refractivity (Wildman–Crippen MR) is 129 cm³/mol. The van der Waals surface area contributed by atoms with Crippen molar-refractivity contribution in [2.75, 3.05) is 5.32 Å². The highest BCUT2D eigenvalue weighted by Gasteiger charge is 2.21. The van der Waals surface area contributed by atoms with Gasteiger partial charge in [-0.1, -0.05) is 71.9 Å². The molecule has 0 saturated heterocycles. The van der Waals surface area contributed by atoms with Crippen molar-refractivity contribution in [1.29, 1.82) is 0 Å². The van der Waals surface area contributed by atoms with Gasteiger partial charge in [-0.2, -0.15) is 0 Å². The van der Waals surface area contributed by atoms with Crippen molar-refractivity contribution in [1.82, 2.24) is 0 Å². The van der Waals surface area contributed by atoms with Crippen LogP contribution in [0.4, 0.5) is 5.69 Å². The van der Waals surface area contributed by atoms with Crippen LogP contribution in [0.25, 0.3) is 0 Å². The molecule has 1 heterocycles. The number of halogens is 5. The van der Waals surface area contributed by atoms with Crippen molar-refractivity contribution in [3.8, 4) is 11.5 Å². The van der Waals surface area contributed by atoms with E-state index in [0.717, 1.165) is 11.1 Å². The molecule has 0 atom stereocenters. The van der Waals surface area contributed by atoms with Crippen molar-refractivity contribution in [2.24, 2.45) is 0 Å². The number of ether oxygens (including phenoxy) is 1. The molecule has 0 saturated carbocycles. The molecule has 10 heteroatoms. The lowest BCUT2D eigenvalue weighted by molar-refractivity contribution is 0.0992. The second-order valence-corrected chi connectivity index (χ2v) is 9.18. The van der Waals surface area contributed by atoms with Crippen LogP contribution in [0.5, 0.6) is 11.5 Å². The lowest BCUT2D eigenvalue weighted by Gasteiger charge is -2.14. The Morgan fingerprint density at radius 2 is 1.62 bits per heavy atom. The second-order valence-electron chi connectivity index (χ2n) is 7.29. The molecule has 1 aromatic heterocycles. The molecule has 0 spiro atoms. The summed E-state index contributed by atoms with van der Waals surface area (Å²) in [6, 6.07) is 6.46. The molecular formula is C22H18Cl5NO4. The molecule has 0 fully saturated rings. The van der Waals surface area contributed by atoms with Crippen LogP contribution in [0.2, 0.25) is 25.1 Å². The average molecular weight is 538 g/mol. The highest BCUT2D eigenvalue weighted by molar-refractivity contribution is 6.55. The first-order valence-corrected chi connectivity index (χ1v) is 11.3. The number of aromatic hydroxyl groups is 1. The van der Waals surface area contributed by atoms with Gasteiger partial charge in [0.1, 0.15) is 28.2 Å². The average Bonchev–Trinajstić information content (AvgIpc) is 3.21. The predicted octanol–water partition coefficient (Wildman–Crippen LogP) is 8.52. The maximum atomic E-state index is 12.7. The number of amides is 1. The number of phenolic OH excluding ortho intramolecular Hbond substituents is 1. The Morgan fingerprint density at radius 1 is 1.03 bits per heavy atom. The van der Waals surface area contributed by atoms with Crippen LogP contribution in [0, 0.1) is 6.92 Å². The minimum Gasteiger partial charge on any atom is -0.508 e. The molecule has 0 bridgehead atoms. The van der Waals surface area contributed by atoms with Crippen LogP contribution in [-0.2, 0) is 6.61 Å². The largest absolute Gasteiger partial charge is 0.508 e. The van der Waals surface area contributed by atoms with Gasteiger partial charge < -0.3 is 19.6 Å². The normalized spacial score (nSPS) is 11.2. The van der Waals surface area contributed by atoms with Crippen molar-refractivity contribution < 1.29 is 19.1 Å². The SMILES string of the molecule is Cc1cc(O)c(C(C)C)cc1NC(=O)c1ccc(COc2c(Cl)c(Cl)c(Cl)c(Cl)c2Cl)o1. The van der Waals surface area contributed by atoms with Crippen LogP contribution < -0.4 is 10.1 Å². The summed E-state index contributed by atoms with van der Waals surface area (Å²) in [5.41, 5.74) is 2.03. The molecule has 2 N–H and O–H groups in total. The molecule has 0 aliphatic rings. The number of carbonyl (C=O) groups excluding carboxylic acids is 1. The van der Waals surface area contributed by atoms with E-state index < -0.39 is 5.91 Å². The fourth-order valence-corrected chi connectivity index (χ4v) is 4.15. The van der Waals surface area contributed by atoms with Gasteiger partial charge in [0.25, 0.3) is 5.91 Å². The summed E-state index contributed by atoms with van der Waals surface area (Å²) < 4.78 is 11.2. The topological polar surface area (TPSA) is 71.7 Å². The van der Waals surface area contributed by atoms with Crippen LogP contribution in [0.1, 0.15) is 47.2 Å². The monoisotopic (exact) mass is 535 g/mol. The molecule has 0 unspecified atom stereocenters. The van der Waals surface area contributed by atoms with E-state index in [1.165, 1.54) is 6.07 Å². The van der Waals surface area contributed by atoms with E-state index in [1.54, 1.807) is 25.1 Å². The lowest BCUT2D eigenvalue weighted by atomic mass is 9.99. The minimum absolute atomic E-state index is 0.0133. The Kier molecular flexibility index (Phi) is 7.79. The Bertz CT molecular complexity index is 1160. The number of aryl methyl sites for hydroxylation is 1. The molecular weight excluding hydrogens is 520 g/mol. The van der Waals surface area contributed by atoms with Crippen molar-refractivity contribution in [3.05, 3.63) is 72.0 Å². The molecule has 3 rings (SSSR count). The second kappa shape index (κ2) is 10.0. The zero-order valence-corrected chi connectivity index (χ0v) is 20.9. The van der Waals surface area contributed by atoms with E-state index in [-0.39, 0.29) is 54.9 Å². The fraction of sp³-hybridized carbons (Fsp3) is 0.227. The molecule has 0 aliphatic carbocycles. The number of anilines is 1. The van der Waals surface area contributed by atoms with Gasteiger partial charge in [0.05, 0.1) is 15.1 Å². The third-order valence-electron chi connectivity index (χ3n) is 4.66. The van der Waals surface area contributed by atoms with Gasteiger partial charge in [0, 0.05) is 5.69 Å². The summed E-state index contributed by atoms with van der Waals surface area (Å²) in [4.78, 5) is 12.7. The number of furan rings is 1. The Morgan fingerprint density at radius 3 is 2.22 bits per heavy atom. The minimum atomic E-state index is -0.451. The van der Waals surface area contributed by atoms with Gasteiger partial charge in [-0.15, -0.1) is 0 Å². The highest BCUT2D eigenvalue weighted by Crippen LogP contribution is 2.48. The maximum Gasteiger partial charge on any atom is 0.291 e. The van der Waals surface area contributed by atoms with Gasteiger partial charge in [0.2, 0.25) is 0 Å². The summed E-state index contributed by atoms with van der Waals surface area (Å²) in [6.45, 7) is 5.61. The number of phenols is 1. The van der Waals surface area contributed by atoms with Crippen molar-refractivity contribution >= 4 is 69.6 Å². The molecule has 170 valence electrons.